The Morgan fingerprint density at radius 2 is 2.16 bits per heavy atom. The molecule has 0 N–H and O–H groups in total. The zero-order valence-electron chi connectivity index (χ0n) is 11.5. The highest BCUT2D eigenvalue weighted by molar-refractivity contribution is 6.19. The molecule has 1 rings (SSSR count). The van der Waals surface area contributed by atoms with Crippen LogP contribution in [0, 0.1) is 5.92 Å². The summed E-state index contributed by atoms with van der Waals surface area (Å²) in [5.74, 6) is 1.21. The largest absolute Gasteiger partial charge is 0.493 e. The minimum atomic E-state index is -0.104. The molecular weight excluding hydrogens is 264 g/mol. The van der Waals surface area contributed by atoms with Gasteiger partial charge in [0.25, 0.3) is 0 Å². The van der Waals surface area contributed by atoms with Crippen LogP contribution < -0.4 is 4.74 Å². The van der Waals surface area contributed by atoms with Gasteiger partial charge in [-0.05, 0) is 17.7 Å². The summed E-state index contributed by atoms with van der Waals surface area (Å²) >= 11 is 5.69. The second-order valence-electron chi connectivity index (χ2n) is 4.54. The smallest absolute Gasteiger partial charge is 0.141 e. The van der Waals surface area contributed by atoms with Gasteiger partial charge in [0, 0.05) is 38.4 Å². The molecule has 0 aliphatic heterocycles. The molecule has 1 unspecified atom stereocenters. The number of ether oxygens (including phenoxy) is 2. The summed E-state index contributed by atoms with van der Waals surface area (Å²) in [7, 11) is 1.67. The molecule has 0 heterocycles. The average molecular weight is 285 g/mol. The Labute approximate surface area is 119 Å². The quantitative estimate of drug-likeness (QED) is 0.516. The van der Waals surface area contributed by atoms with Gasteiger partial charge in [0.05, 0.1) is 6.61 Å². The highest BCUT2D eigenvalue weighted by Crippen LogP contribution is 2.15. The third-order valence-electron chi connectivity index (χ3n) is 2.82. The van der Waals surface area contributed by atoms with Crippen molar-refractivity contribution in [1.82, 2.24) is 0 Å². The Balaban J connectivity index is 2.49. The molecule has 0 fully saturated rings. The van der Waals surface area contributed by atoms with Gasteiger partial charge in [0.1, 0.15) is 11.5 Å². The van der Waals surface area contributed by atoms with E-state index >= 15 is 0 Å². The van der Waals surface area contributed by atoms with Crippen molar-refractivity contribution < 1.29 is 14.3 Å². The number of hydrogen-bond donors (Lipinski definition) is 0. The maximum Gasteiger partial charge on any atom is 0.141 e. The lowest BCUT2D eigenvalue weighted by Gasteiger charge is -2.09. The van der Waals surface area contributed by atoms with Crippen molar-refractivity contribution in [2.75, 3.05) is 26.2 Å². The van der Waals surface area contributed by atoms with Gasteiger partial charge in [-0.15, -0.1) is 11.6 Å². The van der Waals surface area contributed by atoms with E-state index in [-0.39, 0.29) is 11.7 Å². The number of carbonyl (C=O) groups is 1. The minimum absolute atomic E-state index is 0.104. The Morgan fingerprint density at radius 3 is 2.84 bits per heavy atom. The summed E-state index contributed by atoms with van der Waals surface area (Å²) in [4.78, 5) is 11.8. The number of hydrogen-bond acceptors (Lipinski definition) is 3. The predicted molar refractivity (Wildman–Crippen MR) is 77.0 cm³/mol. The molecule has 0 radical (unpaired) electrons. The van der Waals surface area contributed by atoms with Gasteiger partial charge in [0.2, 0.25) is 0 Å². The second kappa shape index (κ2) is 8.94. The Kier molecular flexibility index (Phi) is 7.53. The van der Waals surface area contributed by atoms with Crippen LogP contribution in [0.15, 0.2) is 24.3 Å². The lowest BCUT2D eigenvalue weighted by atomic mass is 10.0. The van der Waals surface area contributed by atoms with Crippen LogP contribution in [-0.4, -0.2) is 32.0 Å². The van der Waals surface area contributed by atoms with E-state index in [1.165, 1.54) is 0 Å². The minimum Gasteiger partial charge on any atom is -0.493 e. The van der Waals surface area contributed by atoms with Crippen molar-refractivity contribution in [3.05, 3.63) is 29.8 Å². The van der Waals surface area contributed by atoms with E-state index in [0.29, 0.717) is 25.5 Å². The van der Waals surface area contributed by atoms with Crippen LogP contribution >= 0.6 is 11.6 Å². The van der Waals surface area contributed by atoms with Gasteiger partial charge in [-0.2, -0.15) is 0 Å². The van der Waals surface area contributed by atoms with Gasteiger partial charge in [-0.1, -0.05) is 19.1 Å². The van der Waals surface area contributed by atoms with Gasteiger partial charge in [0.15, 0.2) is 0 Å². The summed E-state index contributed by atoms with van der Waals surface area (Å²) in [6, 6.07) is 7.64. The predicted octanol–water partition coefficient (Wildman–Crippen LogP) is 3.09. The van der Waals surface area contributed by atoms with E-state index in [9.17, 15) is 4.79 Å². The third-order valence-corrected chi connectivity index (χ3v) is 3.28. The summed E-state index contributed by atoms with van der Waals surface area (Å²) in [5, 5.41) is 0. The molecule has 0 amide bonds. The molecule has 0 bridgehead atoms. The van der Waals surface area contributed by atoms with Gasteiger partial charge < -0.3 is 9.47 Å². The number of ketones is 1. The lowest BCUT2D eigenvalue weighted by Crippen LogP contribution is -2.14. The van der Waals surface area contributed by atoms with Gasteiger partial charge in [-0.3, -0.25) is 4.79 Å². The van der Waals surface area contributed by atoms with E-state index in [2.05, 4.69) is 0 Å². The first-order chi connectivity index (χ1) is 9.17. The van der Waals surface area contributed by atoms with Crippen LogP contribution in [0.1, 0.15) is 18.9 Å². The Morgan fingerprint density at radius 1 is 1.37 bits per heavy atom. The third kappa shape index (κ3) is 6.08. The number of carbonyl (C=O) groups excluding carboxylic acids is 1. The van der Waals surface area contributed by atoms with Crippen LogP contribution in [0.5, 0.6) is 5.75 Å². The highest BCUT2D eigenvalue weighted by atomic mass is 35.5. The normalized spacial score (nSPS) is 12.2. The van der Waals surface area contributed by atoms with Crippen LogP contribution in [0.2, 0.25) is 0 Å². The maximum atomic E-state index is 11.8. The molecule has 1 atom stereocenters. The van der Waals surface area contributed by atoms with Gasteiger partial charge >= 0.3 is 0 Å². The van der Waals surface area contributed by atoms with E-state index in [0.717, 1.165) is 17.7 Å². The molecule has 106 valence electrons. The number of halogens is 1. The lowest BCUT2D eigenvalue weighted by molar-refractivity contribution is -0.121. The monoisotopic (exact) mass is 284 g/mol. The number of alkyl halides is 1. The SMILES string of the molecule is COCCCOc1cccc(CC(=O)C(C)CCl)c1. The number of benzene rings is 1. The summed E-state index contributed by atoms with van der Waals surface area (Å²) in [6.07, 6.45) is 1.26. The fourth-order valence-corrected chi connectivity index (χ4v) is 1.77. The van der Waals surface area contributed by atoms with E-state index in [1.54, 1.807) is 7.11 Å². The molecule has 19 heavy (non-hydrogen) atoms. The van der Waals surface area contributed by atoms with Crippen molar-refractivity contribution in [2.24, 2.45) is 5.92 Å². The van der Waals surface area contributed by atoms with Crippen LogP contribution in [0.25, 0.3) is 0 Å². The van der Waals surface area contributed by atoms with Crippen LogP contribution in [0.4, 0.5) is 0 Å². The van der Waals surface area contributed by atoms with Crippen molar-refractivity contribution >= 4 is 17.4 Å². The first kappa shape index (κ1) is 16.0. The maximum absolute atomic E-state index is 11.8. The molecule has 0 saturated heterocycles. The highest BCUT2D eigenvalue weighted by Gasteiger charge is 2.12. The molecule has 0 spiro atoms. The average Bonchev–Trinajstić information content (AvgIpc) is 2.43. The second-order valence-corrected chi connectivity index (χ2v) is 4.85. The van der Waals surface area contributed by atoms with Gasteiger partial charge in [-0.25, -0.2) is 0 Å². The van der Waals surface area contributed by atoms with E-state index in [1.807, 2.05) is 31.2 Å². The molecule has 4 heteroatoms. The van der Waals surface area contributed by atoms with Crippen molar-refractivity contribution in [3.8, 4) is 5.75 Å². The van der Waals surface area contributed by atoms with Crippen LogP contribution in [-0.2, 0) is 16.0 Å². The fourth-order valence-electron chi connectivity index (χ4n) is 1.60. The number of methoxy groups -OCH3 is 1. The fraction of sp³-hybridized carbons (Fsp3) is 0.533. The summed E-state index contributed by atoms with van der Waals surface area (Å²) < 4.78 is 10.6. The Hall–Kier alpha value is -1.06. The zero-order chi connectivity index (χ0) is 14.1. The first-order valence-electron chi connectivity index (χ1n) is 6.46. The molecule has 3 nitrogen and oxygen atoms in total. The molecule has 0 saturated carbocycles. The topological polar surface area (TPSA) is 35.5 Å². The standard InChI is InChI=1S/C15H21ClO3/c1-12(11-16)15(17)10-13-5-3-6-14(9-13)19-8-4-7-18-2/h3,5-6,9,12H,4,7-8,10-11H2,1-2H3. The van der Waals surface area contributed by atoms with Crippen molar-refractivity contribution in [2.45, 2.75) is 19.8 Å². The molecule has 1 aromatic carbocycles. The summed E-state index contributed by atoms with van der Waals surface area (Å²) in [6.45, 7) is 3.15. The Bertz CT molecular complexity index is 393. The molecule has 0 aliphatic rings. The number of Topliss-reactive ketones (excluding diaryl/α,β-unsaturated/α-hetero) is 1. The first-order valence-corrected chi connectivity index (χ1v) is 7.00. The summed E-state index contributed by atoms with van der Waals surface area (Å²) in [5.41, 5.74) is 0.964. The van der Waals surface area contributed by atoms with Crippen molar-refractivity contribution in [1.29, 1.82) is 0 Å². The van der Waals surface area contributed by atoms with E-state index < -0.39 is 0 Å². The molecule has 0 aliphatic carbocycles. The number of rotatable bonds is 9. The molecular formula is C15H21ClO3. The molecule has 1 aromatic rings. The van der Waals surface area contributed by atoms with E-state index in [4.69, 9.17) is 21.1 Å². The molecule has 0 aromatic heterocycles. The van der Waals surface area contributed by atoms with Crippen LogP contribution in [0.3, 0.4) is 0 Å². The van der Waals surface area contributed by atoms with Crippen molar-refractivity contribution in [3.63, 3.8) is 0 Å². The zero-order valence-corrected chi connectivity index (χ0v) is 12.3.